The molecule has 0 aliphatic heterocycles. The predicted molar refractivity (Wildman–Crippen MR) is 53.5 cm³/mol. The normalized spacial score (nSPS) is 10.0. The molecular formula is C10H9F2NOS. The maximum absolute atomic E-state index is 13.3. The first-order valence-corrected chi connectivity index (χ1v) is 5.30. The molecule has 0 aliphatic rings. The molecule has 2 nitrogen and oxygen atoms in total. The van der Waals surface area contributed by atoms with Gasteiger partial charge in [0.1, 0.15) is 11.6 Å². The summed E-state index contributed by atoms with van der Waals surface area (Å²) in [5.74, 6) is -1.01. The van der Waals surface area contributed by atoms with Gasteiger partial charge in [-0.1, -0.05) is 0 Å². The Labute approximate surface area is 90.5 Å². The quantitative estimate of drug-likeness (QED) is 0.636. The van der Waals surface area contributed by atoms with E-state index in [1.165, 1.54) is 0 Å². The Kier molecular flexibility index (Phi) is 4.53. The standard InChI is InChI=1S/C10H9F2NOS/c11-8-4-7(6-13)5-9(12)10(8)15-3-1-2-14/h4-5,14H,1-3H2. The molecule has 0 bridgehead atoms. The molecule has 1 N–H and O–H groups in total. The number of halogens is 2. The highest BCUT2D eigenvalue weighted by Crippen LogP contribution is 2.26. The lowest BCUT2D eigenvalue weighted by atomic mass is 10.2. The van der Waals surface area contributed by atoms with Gasteiger partial charge in [0.05, 0.1) is 16.5 Å². The van der Waals surface area contributed by atoms with Gasteiger partial charge >= 0.3 is 0 Å². The molecule has 5 heteroatoms. The molecule has 0 fully saturated rings. The lowest BCUT2D eigenvalue weighted by Gasteiger charge is -2.04. The van der Waals surface area contributed by atoms with Gasteiger partial charge in [-0.2, -0.15) is 5.26 Å². The molecule has 80 valence electrons. The molecule has 1 aromatic carbocycles. The lowest BCUT2D eigenvalue weighted by molar-refractivity contribution is 0.296. The first-order valence-electron chi connectivity index (χ1n) is 4.32. The van der Waals surface area contributed by atoms with Crippen molar-refractivity contribution in [2.45, 2.75) is 11.3 Å². The summed E-state index contributed by atoms with van der Waals surface area (Å²) in [6, 6.07) is 3.68. The lowest BCUT2D eigenvalue weighted by Crippen LogP contribution is -1.93. The molecule has 0 aliphatic carbocycles. The monoisotopic (exact) mass is 229 g/mol. The number of hydrogen-bond donors (Lipinski definition) is 1. The topological polar surface area (TPSA) is 44.0 Å². The second kappa shape index (κ2) is 5.69. The van der Waals surface area contributed by atoms with E-state index in [2.05, 4.69) is 0 Å². The second-order valence-electron chi connectivity index (χ2n) is 2.81. The van der Waals surface area contributed by atoms with Crippen molar-refractivity contribution in [3.05, 3.63) is 29.3 Å². The Bertz CT molecular complexity index is 366. The highest BCUT2D eigenvalue weighted by atomic mass is 32.2. The van der Waals surface area contributed by atoms with Crippen molar-refractivity contribution in [2.24, 2.45) is 0 Å². The number of nitrogens with zero attached hydrogens (tertiary/aromatic N) is 1. The minimum absolute atomic E-state index is 0.00742. The first-order chi connectivity index (χ1) is 7.19. The van der Waals surface area contributed by atoms with Crippen LogP contribution in [0.4, 0.5) is 8.78 Å². The average molecular weight is 229 g/mol. The number of aliphatic hydroxyl groups excluding tert-OH is 1. The van der Waals surface area contributed by atoms with E-state index in [0.29, 0.717) is 12.2 Å². The van der Waals surface area contributed by atoms with Crippen LogP contribution in [0.5, 0.6) is 0 Å². The van der Waals surface area contributed by atoms with Crippen LogP contribution < -0.4 is 0 Å². The maximum atomic E-state index is 13.3. The van der Waals surface area contributed by atoms with Gasteiger partial charge in [0.15, 0.2) is 0 Å². The van der Waals surface area contributed by atoms with Crippen molar-refractivity contribution in [3.63, 3.8) is 0 Å². The fourth-order valence-electron chi connectivity index (χ4n) is 1.00. The van der Waals surface area contributed by atoms with Crippen molar-refractivity contribution in [2.75, 3.05) is 12.4 Å². The van der Waals surface area contributed by atoms with Gasteiger partial charge in [-0.3, -0.25) is 0 Å². The molecular weight excluding hydrogens is 220 g/mol. The summed E-state index contributed by atoms with van der Waals surface area (Å²) in [5, 5.41) is 17.0. The van der Waals surface area contributed by atoms with Crippen LogP contribution in [0.3, 0.4) is 0 Å². The zero-order valence-corrected chi connectivity index (χ0v) is 8.65. The van der Waals surface area contributed by atoms with Crippen molar-refractivity contribution in [3.8, 4) is 6.07 Å². The van der Waals surface area contributed by atoms with Gasteiger partial charge < -0.3 is 5.11 Å². The van der Waals surface area contributed by atoms with Gasteiger partial charge in [-0.05, 0) is 18.6 Å². The summed E-state index contributed by atoms with van der Waals surface area (Å²) in [7, 11) is 0. The van der Waals surface area contributed by atoms with Crippen LogP contribution in [0.1, 0.15) is 12.0 Å². The first kappa shape index (κ1) is 12.0. The van der Waals surface area contributed by atoms with Crippen LogP contribution in [0.2, 0.25) is 0 Å². The summed E-state index contributed by atoms with van der Waals surface area (Å²) in [5.41, 5.74) is -0.0310. The number of thioether (sulfide) groups is 1. The molecule has 0 spiro atoms. The van der Waals surface area contributed by atoms with Crippen LogP contribution in [-0.4, -0.2) is 17.5 Å². The molecule has 0 heterocycles. The number of rotatable bonds is 4. The molecule has 0 atom stereocenters. The van der Waals surface area contributed by atoms with Crippen LogP contribution in [0.25, 0.3) is 0 Å². The van der Waals surface area contributed by atoms with Crippen LogP contribution >= 0.6 is 11.8 Å². The van der Waals surface area contributed by atoms with E-state index in [0.717, 1.165) is 23.9 Å². The van der Waals surface area contributed by atoms with E-state index in [-0.39, 0.29) is 17.1 Å². The fourth-order valence-corrected chi connectivity index (χ4v) is 1.87. The zero-order valence-electron chi connectivity index (χ0n) is 7.83. The summed E-state index contributed by atoms with van der Waals surface area (Å²) < 4.78 is 26.5. The molecule has 0 saturated heterocycles. The van der Waals surface area contributed by atoms with E-state index in [9.17, 15) is 8.78 Å². The van der Waals surface area contributed by atoms with E-state index < -0.39 is 11.6 Å². The molecule has 15 heavy (non-hydrogen) atoms. The van der Waals surface area contributed by atoms with E-state index in [4.69, 9.17) is 10.4 Å². The highest BCUT2D eigenvalue weighted by molar-refractivity contribution is 7.99. The Morgan fingerprint density at radius 3 is 2.40 bits per heavy atom. The number of benzene rings is 1. The zero-order chi connectivity index (χ0) is 11.3. The molecule has 0 unspecified atom stereocenters. The fraction of sp³-hybridized carbons (Fsp3) is 0.300. The van der Waals surface area contributed by atoms with Crippen molar-refractivity contribution < 1.29 is 13.9 Å². The predicted octanol–water partition coefficient (Wildman–Crippen LogP) is 2.31. The Hall–Kier alpha value is -1.12. The molecule has 0 saturated carbocycles. The van der Waals surface area contributed by atoms with Crippen molar-refractivity contribution >= 4 is 11.8 Å². The molecule has 0 amide bonds. The van der Waals surface area contributed by atoms with E-state index in [1.807, 2.05) is 0 Å². The van der Waals surface area contributed by atoms with Gasteiger partial charge in [0, 0.05) is 12.4 Å². The third-order valence-electron chi connectivity index (χ3n) is 1.68. The van der Waals surface area contributed by atoms with E-state index >= 15 is 0 Å². The van der Waals surface area contributed by atoms with Gasteiger partial charge in [-0.25, -0.2) is 8.78 Å². The Balaban J connectivity index is 2.85. The summed E-state index contributed by atoms with van der Waals surface area (Å²) in [6.07, 6.45) is 0.476. The molecule has 0 radical (unpaired) electrons. The van der Waals surface area contributed by atoms with E-state index in [1.54, 1.807) is 6.07 Å². The largest absolute Gasteiger partial charge is 0.396 e. The molecule has 1 aromatic rings. The smallest absolute Gasteiger partial charge is 0.141 e. The molecule has 1 rings (SSSR count). The minimum atomic E-state index is -0.727. The van der Waals surface area contributed by atoms with Gasteiger partial charge in [0.2, 0.25) is 0 Å². The number of hydrogen-bond acceptors (Lipinski definition) is 3. The number of nitriles is 1. The van der Waals surface area contributed by atoms with Gasteiger partial charge in [0.25, 0.3) is 0 Å². The van der Waals surface area contributed by atoms with Gasteiger partial charge in [-0.15, -0.1) is 11.8 Å². The summed E-state index contributed by atoms with van der Waals surface area (Å²) in [6.45, 7) is -0.00742. The maximum Gasteiger partial charge on any atom is 0.141 e. The van der Waals surface area contributed by atoms with Crippen molar-refractivity contribution in [1.29, 1.82) is 5.26 Å². The molecule has 0 aromatic heterocycles. The highest BCUT2D eigenvalue weighted by Gasteiger charge is 2.11. The van der Waals surface area contributed by atoms with Crippen molar-refractivity contribution in [1.82, 2.24) is 0 Å². The minimum Gasteiger partial charge on any atom is -0.396 e. The average Bonchev–Trinajstić information content (AvgIpc) is 2.22. The third-order valence-corrected chi connectivity index (χ3v) is 2.85. The number of aliphatic hydroxyl groups is 1. The Morgan fingerprint density at radius 1 is 1.33 bits per heavy atom. The summed E-state index contributed by atoms with van der Waals surface area (Å²) in [4.78, 5) is -0.0950. The van der Waals surface area contributed by atoms with Crippen LogP contribution in [-0.2, 0) is 0 Å². The van der Waals surface area contributed by atoms with Crippen LogP contribution in [0, 0.1) is 23.0 Å². The summed E-state index contributed by atoms with van der Waals surface area (Å²) >= 11 is 0.998. The van der Waals surface area contributed by atoms with Crippen LogP contribution in [0.15, 0.2) is 17.0 Å². The SMILES string of the molecule is N#Cc1cc(F)c(SCCCO)c(F)c1. The Morgan fingerprint density at radius 2 is 1.93 bits per heavy atom. The second-order valence-corrected chi connectivity index (χ2v) is 3.91. The third kappa shape index (κ3) is 3.18.